The molecule has 0 aromatic heterocycles. The number of nitrogens with one attached hydrogen (secondary N) is 1. The van der Waals surface area contributed by atoms with Crippen LogP contribution in [0.25, 0.3) is 0 Å². The maximum atomic E-state index is 11.2. The Labute approximate surface area is 122 Å². The largest absolute Gasteiger partial charge is 0.497 e. The van der Waals surface area contributed by atoms with Crippen molar-refractivity contribution in [1.82, 2.24) is 0 Å². The Morgan fingerprint density at radius 3 is 2.48 bits per heavy atom. The molecule has 6 heteroatoms. The first-order valence-corrected chi connectivity index (χ1v) is 6.17. The minimum Gasteiger partial charge on any atom is -0.497 e. The number of ether oxygens (including phenoxy) is 2. The van der Waals surface area contributed by atoms with E-state index >= 15 is 0 Å². The van der Waals surface area contributed by atoms with E-state index in [2.05, 4.69) is 5.32 Å². The van der Waals surface area contributed by atoms with Gasteiger partial charge in [-0.15, -0.1) is 0 Å². The monoisotopic (exact) mass is 288 g/mol. The van der Waals surface area contributed by atoms with Crippen LogP contribution in [0.3, 0.4) is 0 Å². The molecule has 0 aliphatic rings. The zero-order valence-corrected chi connectivity index (χ0v) is 11.7. The first kappa shape index (κ1) is 14.5. The van der Waals surface area contributed by atoms with Crippen molar-refractivity contribution in [2.75, 3.05) is 25.3 Å². The highest BCUT2D eigenvalue weighted by molar-refractivity contribution is 5.96. The number of nitrogen functional groups attached to an aromatic ring is 1. The molecule has 0 spiro atoms. The van der Waals surface area contributed by atoms with Gasteiger partial charge in [-0.05, 0) is 30.3 Å². The average Bonchev–Trinajstić information content (AvgIpc) is 2.47. The van der Waals surface area contributed by atoms with Crippen LogP contribution >= 0.6 is 0 Å². The number of hydrogen-bond donors (Lipinski definition) is 3. The summed E-state index contributed by atoms with van der Waals surface area (Å²) in [6.45, 7) is 0. The van der Waals surface area contributed by atoms with E-state index in [4.69, 9.17) is 15.2 Å². The zero-order chi connectivity index (χ0) is 15.4. The molecular formula is C15H16N2O4. The third kappa shape index (κ3) is 3.17. The summed E-state index contributed by atoms with van der Waals surface area (Å²) in [5.74, 6) is 0.140. The van der Waals surface area contributed by atoms with Crippen LogP contribution in [0.1, 0.15) is 10.4 Å². The number of methoxy groups -OCH3 is 2. The molecule has 2 rings (SSSR count). The molecule has 0 unspecified atom stereocenters. The number of nitrogens with two attached hydrogens (primary N) is 1. The molecule has 0 fully saturated rings. The second kappa shape index (κ2) is 6.04. The Balaban J connectivity index is 2.42. The Morgan fingerprint density at radius 1 is 1.10 bits per heavy atom. The summed E-state index contributed by atoms with van der Waals surface area (Å²) >= 11 is 0. The fourth-order valence-corrected chi connectivity index (χ4v) is 1.90. The normalized spacial score (nSPS) is 10.0. The number of aromatic carboxylic acids is 1. The lowest BCUT2D eigenvalue weighted by Gasteiger charge is -2.14. The van der Waals surface area contributed by atoms with E-state index in [0.717, 1.165) is 0 Å². The van der Waals surface area contributed by atoms with Crippen molar-refractivity contribution in [3.8, 4) is 11.5 Å². The smallest absolute Gasteiger partial charge is 0.337 e. The van der Waals surface area contributed by atoms with Gasteiger partial charge in [-0.3, -0.25) is 0 Å². The lowest BCUT2D eigenvalue weighted by molar-refractivity contribution is 0.0698. The van der Waals surface area contributed by atoms with Gasteiger partial charge in [0.15, 0.2) is 0 Å². The van der Waals surface area contributed by atoms with Crippen LogP contribution in [0.2, 0.25) is 0 Å². The summed E-state index contributed by atoms with van der Waals surface area (Å²) in [5.41, 5.74) is 7.32. The van der Waals surface area contributed by atoms with E-state index < -0.39 is 5.97 Å². The SMILES string of the molecule is COc1ccc(Nc2cc(N)ccc2C(=O)O)c(OC)c1. The van der Waals surface area contributed by atoms with E-state index in [9.17, 15) is 9.90 Å². The van der Waals surface area contributed by atoms with Crippen molar-refractivity contribution in [1.29, 1.82) is 0 Å². The Bertz CT molecular complexity index is 671. The highest BCUT2D eigenvalue weighted by atomic mass is 16.5. The van der Waals surface area contributed by atoms with Gasteiger partial charge in [-0.25, -0.2) is 4.79 Å². The quantitative estimate of drug-likeness (QED) is 0.732. The van der Waals surface area contributed by atoms with Crippen molar-refractivity contribution in [3.05, 3.63) is 42.0 Å². The molecule has 2 aromatic carbocycles. The number of carbonyl (C=O) groups is 1. The number of hydrogen-bond acceptors (Lipinski definition) is 5. The molecular weight excluding hydrogens is 272 g/mol. The predicted octanol–water partition coefficient (Wildman–Crippen LogP) is 2.73. The number of carboxylic acid groups (broad SMARTS) is 1. The lowest BCUT2D eigenvalue weighted by atomic mass is 10.1. The second-order valence-electron chi connectivity index (χ2n) is 4.30. The summed E-state index contributed by atoms with van der Waals surface area (Å²) in [4.78, 5) is 11.2. The Hall–Kier alpha value is -2.89. The van der Waals surface area contributed by atoms with Crippen LogP contribution in [-0.4, -0.2) is 25.3 Å². The molecule has 4 N–H and O–H groups in total. The topological polar surface area (TPSA) is 93.8 Å². The molecule has 0 aliphatic carbocycles. The van der Waals surface area contributed by atoms with Gasteiger partial charge < -0.3 is 25.6 Å². The lowest BCUT2D eigenvalue weighted by Crippen LogP contribution is -2.04. The van der Waals surface area contributed by atoms with Crippen LogP contribution in [0.4, 0.5) is 17.1 Å². The second-order valence-corrected chi connectivity index (χ2v) is 4.30. The molecule has 21 heavy (non-hydrogen) atoms. The molecule has 0 saturated heterocycles. The Kier molecular flexibility index (Phi) is 4.18. The molecule has 6 nitrogen and oxygen atoms in total. The zero-order valence-electron chi connectivity index (χ0n) is 11.7. The minimum absolute atomic E-state index is 0.127. The van der Waals surface area contributed by atoms with Gasteiger partial charge in [0.05, 0.1) is 31.2 Å². The molecule has 110 valence electrons. The van der Waals surface area contributed by atoms with Gasteiger partial charge in [0.2, 0.25) is 0 Å². The third-order valence-electron chi connectivity index (χ3n) is 2.95. The number of benzene rings is 2. The fraction of sp³-hybridized carbons (Fsp3) is 0.133. The van der Waals surface area contributed by atoms with Crippen molar-refractivity contribution < 1.29 is 19.4 Å². The molecule has 0 heterocycles. The van der Waals surface area contributed by atoms with Gasteiger partial charge >= 0.3 is 5.97 Å². The van der Waals surface area contributed by atoms with Crippen molar-refractivity contribution in [3.63, 3.8) is 0 Å². The van der Waals surface area contributed by atoms with Crippen LogP contribution < -0.4 is 20.5 Å². The maximum absolute atomic E-state index is 11.2. The molecule has 0 radical (unpaired) electrons. The van der Waals surface area contributed by atoms with Crippen molar-refractivity contribution in [2.24, 2.45) is 0 Å². The summed E-state index contributed by atoms with van der Waals surface area (Å²) in [7, 11) is 3.08. The van der Waals surface area contributed by atoms with E-state index in [1.807, 2.05) is 0 Å². The molecule has 0 amide bonds. The Morgan fingerprint density at radius 2 is 1.86 bits per heavy atom. The highest BCUT2D eigenvalue weighted by Crippen LogP contribution is 2.33. The van der Waals surface area contributed by atoms with Crippen LogP contribution in [0.5, 0.6) is 11.5 Å². The number of carboxylic acids is 1. The van der Waals surface area contributed by atoms with E-state index in [0.29, 0.717) is 28.6 Å². The molecule has 0 aliphatic heterocycles. The van der Waals surface area contributed by atoms with Crippen molar-refractivity contribution in [2.45, 2.75) is 0 Å². The van der Waals surface area contributed by atoms with Gasteiger partial charge in [0.25, 0.3) is 0 Å². The highest BCUT2D eigenvalue weighted by Gasteiger charge is 2.13. The van der Waals surface area contributed by atoms with Crippen LogP contribution in [0.15, 0.2) is 36.4 Å². The summed E-state index contributed by atoms with van der Waals surface area (Å²) < 4.78 is 10.4. The standard InChI is InChI=1S/C15H16N2O4/c1-20-10-4-6-12(14(8-10)21-2)17-13-7-9(16)3-5-11(13)15(18)19/h3-8,17H,16H2,1-2H3,(H,18,19). The van der Waals surface area contributed by atoms with E-state index in [1.54, 1.807) is 37.4 Å². The van der Waals surface area contributed by atoms with Gasteiger partial charge in [-0.2, -0.15) is 0 Å². The van der Waals surface area contributed by atoms with Gasteiger partial charge in [-0.1, -0.05) is 0 Å². The third-order valence-corrected chi connectivity index (χ3v) is 2.95. The summed E-state index contributed by atoms with van der Waals surface area (Å²) in [5, 5.41) is 12.2. The van der Waals surface area contributed by atoms with Crippen LogP contribution in [0, 0.1) is 0 Å². The molecule has 0 atom stereocenters. The predicted molar refractivity (Wildman–Crippen MR) is 80.6 cm³/mol. The number of anilines is 3. The first-order chi connectivity index (χ1) is 10.0. The first-order valence-electron chi connectivity index (χ1n) is 6.17. The fourth-order valence-electron chi connectivity index (χ4n) is 1.90. The van der Waals surface area contributed by atoms with Crippen molar-refractivity contribution >= 4 is 23.0 Å². The average molecular weight is 288 g/mol. The molecule has 0 bridgehead atoms. The maximum Gasteiger partial charge on any atom is 0.337 e. The minimum atomic E-state index is -1.04. The molecule has 0 saturated carbocycles. The van der Waals surface area contributed by atoms with E-state index in [-0.39, 0.29) is 5.56 Å². The van der Waals surface area contributed by atoms with Gasteiger partial charge in [0.1, 0.15) is 11.5 Å². The summed E-state index contributed by atoms with van der Waals surface area (Å²) in [6, 6.07) is 9.75. The van der Waals surface area contributed by atoms with Gasteiger partial charge in [0, 0.05) is 11.8 Å². The molecule has 2 aromatic rings. The summed E-state index contributed by atoms with van der Waals surface area (Å²) in [6.07, 6.45) is 0. The number of rotatable bonds is 5. The van der Waals surface area contributed by atoms with Crippen LogP contribution in [-0.2, 0) is 0 Å². The van der Waals surface area contributed by atoms with E-state index in [1.165, 1.54) is 13.2 Å².